The second kappa shape index (κ2) is 5.37. The van der Waals surface area contributed by atoms with E-state index in [1.807, 2.05) is 6.92 Å². The molecule has 2 nitrogen and oxygen atoms in total. The third-order valence-corrected chi connectivity index (χ3v) is 3.13. The molecule has 2 N–H and O–H groups in total. The Hall–Kier alpha value is -0.380. The van der Waals surface area contributed by atoms with Crippen LogP contribution in [0, 0.1) is 6.92 Å². The van der Waals surface area contributed by atoms with Crippen molar-refractivity contribution in [3.05, 3.63) is 21.9 Å². The van der Waals surface area contributed by atoms with E-state index < -0.39 is 0 Å². The van der Waals surface area contributed by atoms with Crippen LogP contribution in [-0.2, 0) is 6.54 Å². The van der Waals surface area contributed by atoms with E-state index in [4.69, 9.17) is 0 Å². The van der Waals surface area contributed by atoms with Crippen molar-refractivity contribution in [2.75, 3.05) is 6.54 Å². The smallest absolute Gasteiger partial charge is 0.0662 e. The Morgan fingerprint density at radius 3 is 2.92 bits per heavy atom. The summed E-state index contributed by atoms with van der Waals surface area (Å²) in [6, 6.07) is 2.12. The minimum absolute atomic E-state index is 0.208. The van der Waals surface area contributed by atoms with E-state index in [0.29, 0.717) is 6.54 Å². The van der Waals surface area contributed by atoms with E-state index in [-0.39, 0.29) is 6.10 Å². The van der Waals surface area contributed by atoms with E-state index in [0.717, 1.165) is 13.0 Å². The molecule has 0 saturated carbocycles. The second-order valence-electron chi connectivity index (χ2n) is 3.22. The van der Waals surface area contributed by atoms with Gasteiger partial charge in [-0.2, -0.15) is 0 Å². The van der Waals surface area contributed by atoms with Crippen molar-refractivity contribution in [1.82, 2.24) is 5.32 Å². The zero-order valence-electron chi connectivity index (χ0n) is 8.21. The van der Waals surface area contributed by atoms with E-state index in [2.05, 4.69) is 23.7 Å². The van der Waals surface area contributed by atoms with Crippen molar-refractivity contribution in [1.29, 1.82) is 0 Å². The maximum absolute atomic E-state index is 9.30. The van der Waals surface area contributed by atoms with Gasteiger partial charge in [0, 0.05) is 18.0 Å². The zero-order chi connectivity index (χ0) is 9.68. The minimum atomic E-state index is -0.208. The second-order valence-corrected chi connectivity index (χ2v) is 4.22. The molecule has 1 unspecified atom stereocenters. The first-order valence-corrected chi connectivity index (χ1v) is 5.53. The maximum atomic E-state index is 9.30. The molecule has 1 aromatic heterocycles. The fourth-order valence-corrected chi connectivity index (χ4v) is 1.96. The van der Waals surface area contributed by atoms with Gasteiger partial charge in [-0.05, 0) is 30.4 Å². The zero-order valence-corrected chi connectivity index (χ0v) is 9.03. The number of aliphatic hydroxyl groups is 1. The summed E-state index contributed by atoms with van der Waals surface area (Å²) in [6.45, 7) is 5.67. The van der Waals surface area contributed by atoms with Crippen LogP contribution in [0.3, 0.4) is 0 Å². The van der Waals surface area contributed by atoms with Gasteiger partial charge in [-0.3, -0.25) is 0 Å². The van der Waals surface area contributed by atoms with E-state index in [1.165, 1.54) is 10.4 Å². The van der Waals surface area contributed by atoms with Gasteiger partial charge in [0.25, 0.3) is 0 Å². The Balaban J connectivity index is 2.24. The van der Waals surface area contributed by atoms with Crippen LogP contribution in [0.2, 0.25) is 0 Å². The molecule has 1 rings (SSSR count). The van der Waals surface area contributed by atoms with Crippen molar-refractivity contribution in [3.63, 3.8) is 0 Å². The Morgan fingerprint density at radius 1 is 1.62 bits per heavy atom. The number of nitrogens with one attached hydrogen (secondary N) is 1. The van der Waals surface area contributed by atoms with Gasteiger partial charge in [-0.25, -0.2) is 0 Å². The van der Waals surface area contributed by atoms with Gasteiger partial charge in [0.2, 0.25) is 0 Å². The Kier molecular flexibility index (Phi) is 4.42. The maximum Gasteiger partial charge on any atom is 0.0662 e. The molecule has 1 heterocycles. The number of aryl methyl sites for hydroxylation is 1. The fourth-order valence-electron chi connectivity index (χ4n) is 1.08. The molecule has 0 saturated heterocycles. The van der Waals surface area contributed by atoms with Crippen LogP contribution in [0.5, 0.6) is 0 Å². The lowest BCUT2D eigenvalue weighted by atomic mass is 10.2. The summed E-state index contributed by atoms with van der Waals surface area (Å²) < 4.78 is 0. The summed E-state index contributed by atoms with van der Waals surface area (Å²) in [7, 11) is 0. The molecule has 0 spiro atoms. The Bertz CT molecular complexity index is 247. The average molecular weight is 199 g/mol. The lowest BCUT2D eigenvalue weighted by Gasteiger charge is -2.08. The van der Waals surface area contributed by atoms with Crippen LogP contribution >= 0.6 is 11.3 Å². The minimum Gasteiger partial charge on any atom is -0.392 e. The first kappa shape index (κ1) is 10.7. The van der Waals surface area contributed by atoms with Crippen molar-refractivity contribution < 1.29 is 5.11 Å². The number of hydrogen-bond donors (Lipinski definition) is 2. The van der Waals surface area contributed by atoms with Gasteiger partial charge in [-0.15, -0.1) is 11.3 Å². The van der Waals surface area contributed by atoms with Gasteiger partial charge in [-0.1, -0.05) is 6.92 Å². The molecule has 0 fully saturated rings. The third kappa shape index (κ3) is 3.46. The highest BCUT2D eigenvalue weighted by Crippen LogP contribution is 2.14. The van der Waals surface area contributed by atoms with Gasteiger partial charge in [0.1, 0.15) is 0 Å². The Morgan fingerprint density at radius 2 is 2.38 bits per heavy atom. The van der Waals surface area contributed by atoms with Gasteiger partial charge < -0.3 is 10.4 Å². The van der Waals surface area contributed by atoms with E-state index >= 15 is 0 Å². The molecule has 1 atom stereocenters. The van der Waals surface area contributed by atoms with Crippen LogP contribution in [0.4, 0.5) is 0 Å². The SMILES string of the molecule is CCC(O)CNCc1sccc1C. The first-order valence-electron chi connectivity index (χ1n) is 4.65. The molecule has 0 aliphatic rings. The van der Waals surface area contributed by atoms with Crippen molar-refractivity contribution in [2.24, 2.45) is 0 Å². The first-order chi connectivity index (χ1) is 6.24. The topological polar surface area (TPSA) is 32.3 Å². The molecule has 0 bridgehead atoms. The van der Waals surface area contributed by atoms with Crippen molar-refractivity contribution in [3.8, 4) is 0 Å². The number of rotatable bonds is 5. The predicted octanol–water partition coefficient (Wildman–Crippen LogP) is 1.92. The fraction of sp³-hybridized carbons (Fsp3) is 0.600. The van der Waals surface area contributed by atoms with Gasteiger partial charge >= 0.3 is 0 Å². The molecule has 0 amide bonds. The monoisotopic (exact) mass is 199 g/mol. The normalized spacial score (nSPS) is 13.2. The molecule has 74 valence electrons. The van der Waals surface area contributed by atoms with Crippen LogP contribution in [0.15, 0.2) is 11.4 Å². The molecule has 3 heteroatoms. The Labute approximate surface area is 83.6 Å². The largest absolute Gasteiger partial charge is 0.392 e. The quantitative estimate of drug-likeness (QED) is 0.759. The summed E-state index contributed by atoms with van der Waals surface area (Å²) in [5.74, 6) is 0. The standard InChI is InChI=1S/C10H17NOS/c1-3-9(12)6-11-7-10-8(2)4-5-13-10/h4-5,9,11-12H,3,6-7H2,1-2H3. The average Bonchev–Trinajstić information content (AvgIpc) is 2.52. The van der Waals surface area contributed by atoms with Crippen LogP contribution in [0.25, 0.3) is 0 Å². The van der Waals surface area contributed by atoms with Gasteiger partial charge in [0.05, 0.1) is 6.10 Å². The van der Waals surface area contributed by atoms with Crippen LogP contribution in [-0.4, -0.2) is 17.8 Å². The highest BCUT2D eigenvalue weighted by molar-refractivity contribution is 7.10. The number of thiophene rings is 1. The van der Waals surface area contributed by atoms with Crippen LogP contribution in [0.1, 0.15) is 23.8 Å². The predicted molar refractivity (Wildman–Crippen MR) is 57.1 cm³/mol. The van der Waals surface area contributed by atoms with Gasteiger partial charge in [0.15, 0.2) is 0 Å². The molecular weight excluding hydrogens is 182 g/mol. The van der Waals surface area contributed by atoms with E-state index in [9.17, 15) is 5.11 Å². The third-order valence-electron chi connectivity index (χ3n) is 2.10. The molecule has 0 radical (unpaired) electrons. The number of hydrogen-bond acceptors (Lipinski definition) is 3. The van der Waals surface area contributed by atoms with Crippen LogP contribution < -0.4 is 5.32 Å². The van der Waals surface area contributed by atoms with E-state index in [1.54, 1.807) is 11.3 Å². The molecule has 0 aliphatic heterocycles. The molecular formula is C10H17NOS. The summed E-state index contributed by atoms with van der Waals surface area (Å²) in [5, 5.41) is 14.6. The highest BCUT2D eigenvalue weighted by Gasteiger charge is 2.01. The molecule has 0 aliphatic carbocycles. The summed E-state index contributed by atoms with van der Waals surface area (Å²) in [4.78, 5) is 1.36. The molecule has 13 heavy (non-hydrogen) atoms. The van der Waals surface area contributed by atoms with Crippen molar-refractivity contribution >= 4 is 11.3 Å². The molecule has 1 aromatic rings. The molecule has 0 aromatic carbocycles. The summed E-state index contributed by atoms with van der Waals surface area (Å²) >= 11 is 1.76. The summed E-state index contributed by atoms with van der Waals surface area (Å²) in [5.41, 5.74) is 1.34. The lowest BCUT2D eigenvalue weighted by Crippen LogP contribution is -2.25. The lowest BCUT2D eigenvalue weighted by molar-refractivity contribution is 0.167. The summed E-state index contributed by atoms with van der Waals surface area (Å²) in [6.07, 6.45) is 0.608. The van der Waals surface area contributed by atoms with Crippen molar-refractivity contribution in [2.45, 2.75) is 32.9 Å². The highest BCUT2D eigenvalue weighted by atomic mass is 32.1. The number of aliphatic hydroxyl groups excluding tert-OH is 1.